The van der Waals surface area contributed by atoms with Crippen molar-refractivity contribution in [1.82, 2.24) is 14.7 Å². The van der Waals surface area contributed by atoms with E-state index < -0.39 is 0 Å². The van der Waals surface area contributed by atoms with Gasteiger partial charge in [0.05, 0.1) is 5.84 Å². The zero-order chi connectivity index (χ0) is 9.97. The standard InChI is InChI=1S/C10H16N4/c1-13-9(4-6-12-13)5-8-14-7-2-3-10(14)11/h4,6,11H,2-3,5,7-8H2,1H3. The molecule has 0 unspecified atom stereocenters. The molecule has 0 saturated carbocycles. The maximum Gasteiger partial charge on any atom is 0.0958 e. The summed E-state index contributed by atoms with van der Waals surface area (Å²) in [6.45, 7) is 2.01. The van der Waals surface area contributed by atoms with Crippen molar-refractivity contribution in [2.75, 3.05) is 13.1 Å². The lowest BCUT2D eigenvalue weighted by molar-refractivity contribution is 0.448. The predicted octanol–water partition coefficient (Wildman–Crippen LogP) is 1.04. The maximum atomic E-state index is 7.69. The number of nitrogens with one attached hydrogen (secondary N) is 1. The lowest BCUT2D eigenvalue weighted by atomic mass is 10.3. The first-order valence-corrected chi connectivity index (χ1v) is 5.06. The Morgan fingerprint density at radius 2 is 2.43 bits per heavy atom. The molecule has 14 heavy (non-hydrogen) atoms. The molecule has 0 radical (unpaired) electrons. The summed E-state index contributed by atoms with van der Waals surface area (Å²) >= 11 is 0. The molecule has 2 rings (SSSR count). The topological polar surface area (TPSA) is 44.9 Å². The Bertz CT molecular complexity index is 329. The van der Waals surface area contributed by atoms with Gasteiger partial charge in [-0.2, -0.15) is 5.10 Å². The second-order valence-electron chi connectivity index (χ2n) is 3.73. The summed E-state index contributed by atoms with van der Waals surface area (Å²) in [7, 11) is 1.96. The molecule has 4 heteroatoms. The van der Waals surface area contributed by atoms with Crippen LogP contribution in [0.3, 0.4) is 0 Å². The average molecular weight is 192 g/mol. The number of nitrogens with zero attached hydrogens (tertiary/aromatic N) is 3. The van der Waals surface area contributed by atoms with Crippen LogP contribution in [0, 0.1) is 5.41 Å². The Kier molecular flexibility index (Phi) is 2.52. The highest BCUT2D eigenvalue weighted by atomic mass is 15.3. The molecule has 1 aliphatic heterocycles. The highest BCUT2D eigenvalue weighted by molar-refractivity contribution is 5.80. The number of hydrogen-bond donors (Lipinski definition) is 1. The minimum atomic E-state index is 0.798. The first-order valence-electron chi connectivity index (χ1n) is 5.06. The zero-order valence-electron chi connectivity index (χ0n) is 8.53. The normalized spacial score (nSPS) is 16.6. The molecule has 1 aromatic heterocycles. The second-order valence-corrected chi connectivity index (χ2v) is 3.73. The first kappa shape index (κ1) is 9.24. The average Bonchev–Trinajstić information content (AvgIpc) is 2.72. The van der Waals surface area contributed by atoms with E-state index >= 15 is 0 Å². The van der Waals surface area contributed by atoms with E-state index in [1.165, 1.54) is 5.69 Å². The number of rotatable bonds is 3. The van der Waals surface area contributed by atoms with Crippen molar-refractivity contribution in [1.29, 1.82) is 5.41 Å². The fraction of sp³-hybridized carbons (Fsp3) is 0.600. The van der Waals surface area contributed by atoms with E-state index in [9.17, 15) is 0 Å². The van der Waals surface area contributed by atoms with Crippen molar-refractivity contribution in [3.8, 4) is 0 Å². The van der Waals surface area contributed by atoms with Crippen LogP contribution in [0.5, 0.6) is 0 Å². The van der Waals surface area contributed by atoms with Crippen LogP contribution in [0.2, 0.25) is 0 Å². The number of likely N-dealkylation sites (tertiary alicyclic amines) is 1. The van der Waals surface area contributed by atoms with Crippen LogP contribution in [0.4, 0.5) is 0 Å². The Morgan fingerprint density at radius 3 is 3.00 bits per heavy atom. The Morgan fingerprint density at radius 1 is 1.57 bits per heavy atom. The molecular weight excluding hydrogens is 176 g/mol. The summed E-state index contributed by atoms with van der Waals surface area (Å²) in [5.41, 5.74) is 1.24. The lowest BCUT2D eigenvalue weighted by Crippen LogP contribution is -2.26. The van der Waals surface area contributed by atoms with Crippen LogP contribution < -0.4 is 0 Å². The second kappa shape index (κ2) is 3.82. The van der Waals surface area contributed by atoms with Gasteiger partial charge in [0.1, 0.15) is 0 Å². The van der Waals surface area contributed by atoms with E-state index in [4.69, 9.17) is 5.41 Å². The van der Waals surface area contributed by atoms with Gasteiger partial charge in [-0.1, -0.05) is 0 Å². The predicted molar refractivity (Wildman–Crippen MR) is 55.4 cm³/mol. The monoisotopic (exact) mass is 192 g/mol. The van der Waals surface area contributed by atoms with Crippen LogP contribution >= 0.6 is 0 Å². The van der Waals surface area contributed by atoms with E-state index in [-0.39, 0.29) is 0 Å². The molecule has 1 aromatic rings. The van der Waals surface area contributed by atoms with Crippen molar-refractivity contribution < 1.29 is 0 Å². The summed E-state index contributed by atoms with van der Waals surface area (Å²) in [6.07, 6.45) is 4.90. The number of aromatic nitrogens is 2. The van der Waals surface area contributed by atoms with Gasteiger partial charge in [0.15, 0.2) is 0 Å². The third kappa shape index (κ3) is 1.78. The molecular formula is C10H16N4. The molecule has 0 bridgehead atoms. The Balaban J connectivity index is 1.88. The zero-order valence-corrected chi connectivity index (χ0v) is 8.53. The van der Waals surface area contributed by atoms with Gasteiger partial charge in [-0.3, -0.25) is 10.1 Å². The molecule has 1 aliphatic rings. The minimum absolute atomic E-state index is 0.798. The fourth-order valence-electron chi connectivity index (χ4n) is 1.87. The molecule has 0 amide bonds. The number of hydrogen-bond acceptors (Lipinski definition) is 2. The molecule has 1 N–H and O–H groups in total. The quantitative estimate of drug-likeness (QED) is 0.777. The first-order chi connectivity index (χ1) is 6.77. The van der Waals surface area contributed by atoms with Crippen LogP contribution in [-0.4, -0.2) is 33.6 Å². The van der Waals surface area contributed by atoms with Gasteiger partial charge in [-0.05, 0) is 12.5 Å². The van der Waals surface area contributed by atoms with Crippen molar-refractivity contribution in [2.24, 2.45) is 7.05 Å². The third-order valence-corrected chi connectivity index (χ3v) is 2.78. The molecule has 76 valence electrons. The van der Waals surface area contributed by atoms with Gasteiger partial charge < -0.3 is 4.90 Å². The van der Waals surface area contributed by atoms with Crippen molar-refractivity contribution in [3.05, 3.63) is 18.0 Å². The molecule has 1 saturated heterocycles. The van der Waals surface area contributed by atoms with Crippen molar-refractivity contribution >= 4 is 5.84 Å². The molecule has 0 aliphatic carbocycles. The lowest BCUT2D eigenvalue weighted by Gasteiger charge is -2.17. The maximum absolute atomic E-state index is 7.69. The van der Waals surface area contributed by atoms with E-state index in [0.29, 0.717) is 0 Å². The van der Waals surface area contributed by atoms with E-state index in [1.807, 2.05) is 24.0 Å². The highest BCUT2D eigenvalue weighted by Crippen LogP contribution is 2.10. The minimum Gasteiger partial charge on any atom is -0.360 e. The molecule has 4 nitrogen and oxygen atoms in total. The fourth-order valence-corrected chi connectivity index (χ4v) is 1.87. The third-order valence-electron chi connectivity index (χ3n) is 2.78. The van der Waals surface area contributed by atoms with E-state index in [0.717, 1.165) is 38.2 Å². The smallest absolute Gasteiger partial charge is 0.0958 e. The largest absolute Gasteiger partial charge is 0.360 e. The van der Waals surface area contributed by atoms with Crippen LogP contribution in [-0.2, 0) is 13.5 Å². The highest BCUT2D eigenvalue weighted by Gasteiger charge is 2.16. The van der Waals surface area contributed by atoms with E-state index in [2.05, 4.69) is 10.00 Å². The number of amidine groups is 1. The summed E-state index contributed by atoms with van der Waals surface area (Å²) < 4.78 is 1.90. The molecule has 0 aromatic carbocycles. The van der Waals surface area contributed by atoms with Crippen molar-refractivity contribution in [3.63, 3.8) is 0 Å². The van der Waals surface area contributed by atoms with Gasteiger partial charge in [0.2, 0.25) is 0 Å². The summed E-state index contributed by atoms with van der Waals surface area (Å²) in [6, 6.07) is 2.04. The Labute approximate surface area is 84.0 Å². The summed E-state index contributed by atoms with van der Waals surface area (Å²) in [4.78, 5) is 2.16. The number of aryl methyl sites for hydroxylation is 1. The Hall–Kier alpha value is -1.32. The van der Waals surface area contributed by atoms with Gasteiger partial charge in [0, 0.05) is 44.9 Å². The van der Waals surface area contributed by atoms with Crippen molar-refractivity contribution in [2.45, 2.75) is 19.3 Å². The van der Waals surface area contributed by atoms with Crippen LogP contribution in [0.25, 0.3) is 0 Å². The summed E-state index contributed by atoms with van der Waals surface area (Å²) in [5, 5.41) is 11.8. The SMILES string of the molecule is Cn1nccc1CCN1CCCC1=N. The molecule has 2 heterocycles. The molecule has 1 fully saturated rings. The van der Waals surface area contributed by atoms with Crippen LogP contribution in [0.15, 0.2) is 12.3 Å². The van der Waals surface area contributed by atoms with Crippen LogP contribution in [0.1, 0.15) is 18.5 Å². The van der Waals surface area contributed by atoms with Gasteiger partial charge in [-0.25, -0.2) is 0 Å². The molecule has 0 atom stereocenters. The van der Waals surface area contributed by atoms with E-state index in [1.54, 1.807) is 0 Å². The molecule has 0 spiro atoms. The summed E-state index contributed by atoms with van der Waals surface area (Å²) in [5.74, 6) is 0.798. The van der Waals surface area contributed by atoms with Gasteiger partial charge in [-0.15, -0.1) is 0 Å². The van der Waals surface area contributed by atoms with Gasteiger partial charge >= 0.3 is 0 Å². The van der Waals surface area contributed by atoms with Gasteiger partial charge in [0.25, 0.3) is 0 Å².